The van der Waals surface area contributed by atoms with Crippen LogP contribution in [-0.4, -0.2) is 0 Å². The molecule has 1 unspecified atom stereocenters. The second-order valence-corrected chi connectivity index (χ2v) is 7.06. The molecule has 1 aliphatic heterocycles. The molecule has 1 heteroatoms. The number of rotatable bonds is 2. The summed E-state index contributed by atoms with van der Waals surface area (Å²) in [6.45, 7) is 2.14. The van der Waals surface area contributed by atoms with Crippen molar-refractivity contribution in [1.82, 2.24) is 0 Å². The highest BCUT2D eigenvalue weighted by atomic mass is 16.5. The molecule has 3 aromatic rings. The van der Waals surface area contributed by atoms with Crippen molar-refractivity contribution < 1.29 is 4.74 Å². The Morgan fingerprint density at radius 1 is 0.808 bits per heavy atom. The molecule has 1 heterocycles. The number of aryl methyl sites for hydroxylation is 1. The molecule has 0 bridgehead atoms. The lowest BCUT2D eigenvalue weighted by molar-refractivity contribution is 0.429. The molecule has 0 aromatic heterocycles. The largest absolute Gasteiger partial charge is 0.460 e. The summed E-state index contributed by atoms with van der Waals surface area (Å²) in [7, 11) is 0. The summed E-state index contributed by atoms with van der Waals surface area (Å²) in [6.07, 6.45) is 5.47. The molecule has 0 fully saturated rings. The van der Waals surface area contributed by atoms with Crippen molar-refractivity contribution in [1.29, 1.82) is 0 Å². The zero-order valence-electron chi connectivity index (χ0n) is 14.8. The zero-order chi connectivity index (χ0) is 17.5. The Morgan fingerprint density at radius 2 is 1.62 bits per heavy atom. The third kappa shape index (κ3) is 2.48. The van der Waals surface area contributed by atoms with Gasteiger partial charge in [-0.2, -0.15) is 0 Å². The van der Waals surface area contributed by atoms with Crippen molar-refractivity contribution in [2.24, 2.45) is 0 Å². The Morgan fingerprint density at radius 3 is 2.46 bits per heavy atom. The maximum atomic E-state index is 6.32. The van der Waals surface area contributed by atoms with E-state index in [1.165, 1.54) is 33.4 Å². The van der Waals surface area contributed by atoms with E-state index in [4.69, 9.17) is 4.74 Å². The van der Waals surface area contributed by atoms with Crippen LogP contribution in [0.4, 0.5) is 0 Å². The molecule has 26 heavy (non-hydrogen) atoms. The van der Waals surface area contributed by atoms with E-state index in [1.807, 2.05) is 0 Å². The number of hydrogen-bond donors (Lipinski definition) is 0. The summed E-state index contributed by atoms with van der Waals surface area (Å²) in [4.78, 5) is 0. The fraction of sp³-hybridized carbons (Fsp3) is 0.120. The maximum absolute atomic E-state index is 6.32. The first-order valence-corrected chi connectivity index (χ1v) is 9.14. The van der Waals surface area contributed by atoms with Gasteiger partial charge in [0.05, 0.1) is 0 Å². The molecule has 1 nitrogen and oxygen atoms in total. The van der Waals surface area contributed by atoms with Crippen LogP contribution in [0, 0.1) is 6.92 Å². The number of hydrogen-bond acceptors (Lipinski definition) is 1. The van der Waals surface area contributed by atoms with Gasteiger partial charge in [-0.15, -0.1) is 0 Å². The molecule has 1 atom stereocenters. The number of fused-ring (bicyclic) bond motifs is 3. The maximum Gasteiger partial charge on any atom is 0.130 e. The Hall–Kier alpha value is -3.06. The van der Waals surface area contributed by atoms with Gasteiger partial charge in [-0.25, -0.2) is 0 Å². The van der Waals surface area contributed by atoms with Gasteiger partial charge in [-0.05, 0) is 42.2 Å². The van der Waals surface area contributed by atoms with E-state index >= 15 is 0 Å². The van der Waals surface area contributed by atoms with Gasteiger partial charge in [0, 0.05) is 17.1 Å². The molecule has 3 aromatic carbocycles. The van der Waals surface area contributed by atoms with E-state index in [0.29, 0.717) is 5.92 Å². The zero-order valence-corrected chi connectivity index (χ0v) is 14.8. The Kier molecular flexibility index (Phi) is 3.53. The lowest BCUT2D eigenvalue weighted by atomic mass is 9.86. The lowest BCUT2D eigenvalue weighted by Crippen LogP contribution is -2.05. The molecule has 2 aliphatic rings. The van der Waals surface area contributed by atoms with Crippen molar-refractivity contribution in [3.05, 3.63) is 107 Å². The van der Waals surface area contributed by atoms with Gasteiger partial charge in [-0.3, -0.25) is 0 Å². The van der Waals surface area contributed by atoms with Gasteiger partial charge in [0.25, 0.3) is 0 Å². The third-order valence-corrected chi connectivity index (χ3v) is 5.28. The monoisotopic (exact) mass is 336 g/mol. The summed E-state index contributed by atoms with van der Waals surface area (Å²) in [5.41, 5.74) is 7.53. The SMILES string of the molecule is Cc1cccc(-c2ccc3c(c2)C2CC=CC(c4ccccc4)=C2O3)c1. The second kappa shape index (κ2) is 6.03. The van der Waals surface area contributed by atoms with Crippen LogP contribution in [0.1, 0.15) is 29.0 Å². The van der Waals surface area contributed by atoms with Gasteiger partial charge in [0.1, 0.15) is 11.5 Å². The van der Waals surface area contributed by atoms with Crippen molar-refractivity contribution in [2.75, 3.05) is 0 Å². The van der Waals surface area contributed by atoms with Crippen molar-refractivity contribution in [2.45, 2.75) is 19.3 Å². The van der Waals surface area contributed by atoms with Gasteiger partial charge in [-0.1, -0.05) is 78.4 Å². The number of benzene rings is 3. The molecule has 0 saturated carbocycles. The molecule has 0 radical (unpaired) electrons. The van der Waals surface area contributed by atoms with Crippen LogP contribution in [0.5, 0.6) is 5.75 Å². The van der Waals surface area contributed by atoms with Crippen LogP contribution in [0.2, 0.25) is 0 Å². The molecule has 126 valence electrons. The van der Waals surface area contributed by atoms with Crippen LogP contribution in [0.25, 0.3) is 16.7 Å². The molecule has 0 N–H and O–H groups in total. The van der Waals surface area contributed by atoms with Gasteiger partial charge < -0.3 is 4.74 Å². The molecule has 0 spiro atoms. The Bertz CT molecular complexity index is 1040. The summed E-state index contributed by atoms with van der Waals surface area (Å²) in [5.74, 6) is 2.41. The van der Waals surface area contributed by atoms with E-state index in [9.17, 15) is 0 Å². The minimum Gasteiger partial charge on any atom is -0.460 e. The third-order valence-electron chi connectivity index (χ3n) is 5.28. The van der Waals surface area contributed by atoms with E-state index in [0.717, 1.165) is 17.9 Å². The van der Waals surface area contributed by atoms with Crippen LogP contribution in [0.15, 0.2) is 90.7 Å². The molecule has 1 aliphatic carbocycles. The molecule has 0 amide bonds. The molecular formula is C25H20O. The summed E-state index contributed by atoms with van der Waals surface area (Å²) < 4.78 is 6.32. The smallest absolute Gasteiger partial charge is 0.130 e. The van der Waals surface area contributed by atoms with Crippen LogP contribution in [-0.2, 0) is 0 Å². The quantitative estimate of drug-likeness (QED) is 0.518. The van der Waals surface area contributed by atoms with E-state index in [2.05, 4.69) is 91.9 Å². The molecule has 0 saturated heterocycles. The highest BCUT2D eigenvalue weighted by Crippen LogP contribution is 2.49. The molecule has 5 rings (SSSR count). The average Bonchev–Trinajstić information content (AvgIpc) is 3.06. The number of ether oxygens (including phenoxy) is 1. The highest BCUT2D eigenvalue weighted by Gasteiger charge is 2.33. The first-order valence-electron chi connectivity index (χ1n) is 9.14. The standard InChI is InChI=1S/C25H20O/c1-17-7-5-10-19(15-17)20-13-14-24-23(16-20)22-12-6-11-21(25(22)26-24)18-8-3-2-4-9-18/h2-11,13-16,22H,12H2,1H3. The normalized spacial score (nSPS) is 17.7. The summed E-state index contributed by atoms with van der Waals surface area (Å²) in [6, 6.07) is 25.8. The predicted molar refractivity (Wildman–Crippen MR) is 107 cm³/mol. The molecular weight excluding hydrogens is 316 g/mol. The summed E-state index contributed by atoms with van der Waals surface area (Å²) >= 11 is 0. The topological polar surface area (TPSA) is 9.23 Å². The summed E-state index contributed by atoms with van der Waals surface area (Å²) in [5, 5.41) is 0. The second-order valence-electron chi connectivity index (χ2n) is 7.06. The Labute approximate surface area is 154 Å². The van der Waals surface area contributed by atoms with Crippen LogP contribution < -0.4 is 4.74 Å². The number of allylic oxidation sites excluding steroid dienone is 4. The minimum atomic E-state index is 0.315. The first kappa shape index (κ1) is 15.2. The fourth-order valence-electron chi connectivity index (χ4n) is 3.99. The van der Waals surface area contributed by atoms with Crippen molar-refractivity contribution in [3.63, 3.8) is 0 Å². The Balaban J connectivity index is 1.60. The lowest BCUT2D eigenvalue weighted by Gasteiger charge is -2.17. The van der Waals surface area contributed by atoms with E-state index in [1.54, 1.807) is 0 Å². The van der Waals surface area contributed by atoms with Crippen LogP contribution >= 0.6 is 0 Å². The fourth-order valence-corrected chi connectivity index (χ4v) is 3.99. The van der Waals surface area contributed by atoms with Crippen molar-refractivity contribution in [3.8, 4) is 16.9 Å². The predicted octanol–water partition coefficient (Wildman–Crippen LogP) is 6.51. The van der Waals surface area contributed by atoms with Crippen molar-refractivity contribution >= 4 is 5.57 Å². The van der Waals surface area contributed by atoms with E-state index in [-0.39, 0.29) is 0 Å². The van der Waals surface area contributed by atoms with Gasteiger partial charge >= 0.3 is 0 Å². The highest BCUT2D eigenvalue weighted by molar-refractivity contribution is 5.80. The first-order chi connectivity index (χ1) is 12.8. The van der Waals surface area contributed by atoms with E-state index < -0.39 is 0 Å². The average molecular weight is 336 g/mol. The minimum absolute atomic E-state index is 0.315. The van der Waals surface area contributed by atoms with Gasteiger partial charge in [0.15, 0.2) is 0 Å². The van der Waals surface area contributed by atoms with Crippen LogP contribution in [0.3, 0.4) is 0 Å². The van der Waals surface area contributed by atoms with Gasteiger partial charge in [0.2, 0.25) is 0 Å².